The van der Waals surface area contributed by atoms with Gasteiger partial charge in [0.15, 0.2) is 11.5 Å². The maximum absolute atomic E-state index is 11.8. The third kappa shape index (κ3) is 4.02. The molecule has 0 aliphatic carbocycles. The van der Waals surface area contributed by atoms with E-state index in [0.717, 1.165) is 42.9 Å². The fourth-order valence-electron chi connectivity index (χ4n) is 2.60. The average Bonchev–Trinajstić information content (AvgIpc) is 3.01. The molecule has 21 heavy (non-hydrogen) atoms. The van der Waals surface area contributed by atoms with E-state index >= 15 is 0 Å². The number of amides is 1. The summed E-state index contributed by atoms with van der Waals surface area (Å²) in [6.45, 7) is 2.80. The zero-order valence-corrected chi connectivity index (χ0v) is 12.7. The largest absolute Gasteiger partial charge is 0.486 e. The van der Waals surface area contributed by atoms with Gasteiger partial charge in [-0.1, -0.05) is 6.07 Å². The van der Waals surface area contributed by atoms with E-state index in [4.69, 9.17) is 9.47 Å². The molecule has 6 heteroatoms. The highest BCUT2D eigenvalue weighted by molar-refractivity contribution is 5.85. The Labute approximate surface area is 130 Å². The molecule has 5 nitrogen and oxygen atoms in total. The van der Waals surface area contributed by atoms with Crippen molar-refractivity contribution in [2.45, 2.75) is 25.3 Å². The van der Waals surface area contributed by atoms with Crippen LogP contribution in [0.3, 0.4) is 0 Å². The van der Waals surface area contributed by atoms with E-state index in [1.54, 1.807) is 0 Å². The molecule has 1 aromatic rings. The molecule has 0 aromatic heterocycles. The molecule has 2 aliphatic heterocycles. The van der Waals surface area contributed by atoms with E-state index in [-0.39, 0.29) is 24.4 Å². The van der Waals surface area contributed by atoms with Crippen LogP contribution >= 0.6 is 12.4 Å². The molecule has 2 heterocycles. The van der Waals surface area contributed by atoms with Crippen LogP contribution < -0.4 is 20.1 Å². The summed E-state index contributed by atoms with van der Waals surface area (Å²) < 4.78 is 11.0. The number of ether oxygens (including phenoxy) is 2. The Kier molecular flexibility index (Phi) is 5.70. The van der Waals surface area contributed by atoms with E-state index in [0.29, 0.717) is 19.8 Å². The topological polar surface area (TPSA) is 59.6 Å². The summed E-state index contributed by atoms with van der Waals surface area (Å²) in [5.41, 5.74) is 1.15. The standard InChI is InChI=1S/C15H20N2O3.ClH/c18-15(12-2-1-6-16-12)17-7-5-11-3-4-13-14(10-11)20-9-8-19-13;/h3-4,10,12,16H,1-2,5-9H2,(H,17,18);1H. The molecule has 1 aromatic carbocycles. The molecule has 0 bridgehead atoms. The minimum absolute atomic E-state index is 0. The Hall–Kier alpha value is -1.46. The second kappa shape index (κ2) is 7.52. The van der Waals surface area contributed by atoms with Crippen molar-refractivity contribution in [2.75, 3.05) is 26.3 Å². The SMILES string of the molecule is Cl.O=C(NCCc1ccc2c(c1)OCCO2)C1CCCN1. The quantitative estimate of drug-likeness (QED) is 0.879. The van der Waals surface area contributed by atoms with Gasteiger partial charge in [0.25, 0.3) is 0 Å². The lowest BCUT2D eigenvalue weighted by Gasteiger charge is -2.19. The van der Waals surface area contributed by atoms with Gasteiger partial charge in [0.05, 0.1) is 6.04 Å². The predicted octanol–water partition coefficient (Wildman–Crippen LogP) is 1.29. The van der Waals surface area contributed by atoms with Crippen LogP contribution in [-0.4, -0.2) is 38.3 Å². The van der Waals surface area contributed by atoms with Gasteiger partial charge in [0.2, 0.25) is 5.91 Å². The summed E-state index contributed by atoms with van der Waals surface area (Å²) in [6, 6.07) is 5.95. The minimum atomic E-state index is -0.00438. The second-order valence-corrected chi connectivity index (χ2v) is 5.17. The minimum Gasteiger partial charge on any atom is -0.486 e. The zero-order valence-electron chi connectivity index (χ0n) is 11.9. The number of benzene rings is 1. The van der Waals surface area contributed by atoms with Crippen LogP contribution in [0.25, 0.3) is 0 Å². The molecule has 2 N–H and O–H groups in total. The van der Waals surface area contributed by atoms with Crippen molar-refractivity contribution in [1.82, 2.24) is 10.6 Å². The van der Waals surface area contributed by atoms with Gasteiger partial charge in [-0.3, -0.25) is 4.79 Å². The molecule has 0 spiro atoms. The summed E-state index contributed by atoms with van der Waals surface area (Å²) in [7, 11) is 0. The van der Waals surface area contributed by atoms with Crippen molar-refractivity contribution < 1.29 is 14.3 Å². The molecule has 0 saturated carbocycles. The Bertz CT molecular complexity index is 490. The normalized spacial score (nSPS) is 19.7. The maximum atomic E-state index is 11.8. The monoisotopic (exact) mass is 312 g/mol. The van der Waals surface area contributed by atoms with Gasteiger partial charge < -0.3 is 20.1 Å². The number of fused-ring (bicyclic) bond motifs is 1. The molecule has 1 saturated heterocycles. The van der Waals surface area contributed by atoms with Crippen molar-refractivity contribution in [3.8, 4) is 11.5 Å². The smallest absolute Gasteiger partial charge is 0.237 e. The highest BCUT2D eigenvalue weighted by Crippen LogP contribution is 2.30. The van der Waals surface area contributed by atoms with Crippen LogP contribution in [0.2, 0.25) is 0 Å². The Morgan fingerprint density at radius 1 is 1.29 bits per heavy atom. The maximum Gasteiger partial charge on any atom is 0.237 e. The first-order chi connectivity index (χ1) is 9.83. The molecule has 1 unspecified atom stereocenters. The highest BCUT2D eigenvalue weighted by Gasteiger charge is 2.21. The van der Waals surface area contributed by atoms with Crippen LogP contribution in [0.5, 0.6) is 11.5 Å². The van der Waals surface area contributed by atoms with Crippen LogP contribution in [0, 0.1) is 0 Å². The second-order valence-electron chi connectivity index (χ2n) is 5.17. The lowest BCUT2D eigenvalue weighted by Crippen LogP contribution is -2.41. The molecule has 116 valence electrons. The summed E-state index contributed by atoms with van der Waals surface area (Å²) >= 11 is 0. The molecular formula is C15H21ClN2O3. The van der Waals surface area contributed by atoms with E-state index in [9.17, 15) is 4.79 Å². The van der Waals surface area contributed by atoms with E-state index < -0.39 is 0 Å². The molecular weight excluding hydrogens is 292 g/mol. The fraction of sp³-hybridized carbons (Fsp3) is 0.533. The van der Waals surface area contributed by atoms with Crippen molar-refractivity contribution in [1.29, 1.82) is 0 Å². The lowest BCUT2D eigenvalue weighted by molar-refractivity contribution is -0.122. The van der Waals surface area contributed by atoms with Crippen molar-refractivity contribution >= 4 is 18.3 Å². The van der Waals surface area contributed by atoms with Gasteiger partial charge in [-0.15, -0.1) is 12.4 Å². The molecule has 0 radical (unpaired) electrons. The van der Waals surface area contributed by atoms with Gasteiger partial charge in [0, 0.05) is 6.54 Å². The van der Waals surface area contributed by atoms with E-state index in [2.05, 4.69) is 10.6 Å². The Morgan fingerprint density at radius 2 is 2.10 bits per heavy atom. The summed E-state index contributed by atoms with van der Waals surface area (Å²) in [4.78, 5) is 11.8. The first kappa shape index (κ1) is 15.9. The Morgan fingerprint density at radius 3 is 2.86 bits per heavy atom. The molecule has 1 amide bonds. The van der Waals surface area contributed by atoms with Gasteiger partial charge in [-0.2, -0.15) is 0 Å². The third-order valence-corrected chi connectivity index (χ3v) is 3.70. The molecule has 1 fully saturated rings. The average molecular weight is 313 g/mol. The van der Waals surface area contributed by atoms with Crippen molar-refractivity contribution in [3.63, 3.8) is 0 Å². The fourth-order valence-corrected chi connectivity index (χ4v) is 2.60. The number of carbonyl (C=O) groups is 1. The number of halogens is 1. The number of hydrogen-bond acceptors (Lipinski definition) is 4. The van der Waals surface area contributed by atoms with Crippen LogP contribution in [0.1, 0.15) is 18.4 Å². The van der Waals surface area contributed by atoms with Gasteiger partial charge in [-0.05, 0) is 43.5 Å². The first-order valence-electron chi connectivity index (χ1n) is 7.22. The zero-order chi connectivity index (χ0) is 13.8. The number of hydrogen-bond donors (Lipinski definition) is 2. The van der Waals surface area contributed by atoms with Crippen LogP contribution in [-0.2, 0) is 11.2 Å². The van der Waals surface area contributed by atoms with E-state index in [1.165, 1.54) is 0 Å². The molecule has 2 aliphatic rings. The number of carbonyl (C=O) groups excluding carboxylic acids is 1. The molecule has 3 rings (SSSR count). The molecule has 1 atom stereocenters. The van der Waals surface area contributed by atoms with Crippen molar-refractivity contribution in [3.05, 3.63) is 23.8 Å². The number of nitrogens with one attached hydrogen (secondary N) is 2. The third-order valence-electron chi connectivity index (χ3n) is 3.70. The summed E-state index contributed by atoms with van der Waals surface area (Å²) in [5.74, 6) is 1.72. The van der Waals surface area contributed by atoms with Gasteiger partial charge in [-0.25, -0.2) is 0 Å². The highest BCUT2D eigenvalue weighted by atomic mass is 35.5. The van der Waals surface area contributed by atoms with Gasteiger partial charge in [0.1, 0.15) is 13.2 Å². The van der Waals surface area contributed by atoms with E-state index in [1.807, 2.05) is 18.2 Å². The first-order valence-corrected chi connectivity index (χ1v) is 7.22. The predicted molar refractivity (Wildman–Crippen MR) is 82.4 cm³/mol. The van der Waals surface area contributed by atoms with Gasteiger partial charge >= 0.3 is 0 Å². The number of rotatable bonds is 4. The van der Waals surface area contributed by atoms with Crippen LogP contribution in [0.4, 0.5) is 0 Å². The van der Waals surface area contributed by atoms with Crippen LogP contribution in [0.15, 0.2) is 18.2 Å². The lowest BCUT2D eigenvalue weighted by atomic mass is 10.1. The van der Waals surface area contributed by atoms with Crippen molar-refractivity contribution in [2.24, 2.45) is 0 Å². The summed E-state index contributed by atoms with van der Waals surface area (Å²) in [6.07, 6.45) is 2.82. The Balaban J connectivity index is 0.00000161. The summed E-state index contributed by atoms with van der Waals surface area (Å²) in [5, 5.41) is 6.18.